The van der Waals surface area contributed by atoms with Crippen LogP contribution in [0.5, 0.6) is 0 Å². The number of amides is 1. The standard InChI is InChI=1S/C19H24N4O/c1-15-6-5-11-23(13-15)19(24)17-12-18(22-14-21-17)20-10-9-16-7-3-2-4-8-16/h2-4,7-8,12,14-15H,5-6,9-11,13H2,1H3,(H,20,21,22). The molecule has 0 saturated carbocycles. The number of nitrogens with one attached hydrogen (secondary N) is 1. The van der Waals surface area contributed by atoms with E-state index in [9.17, 15) is 4.79 Å². The first-order valence-electron chi connectivity index (χ1n) is 8.61. The zero-order valence-corrected chi connectivity index (χ0v) is 14.1. The van der Waals surface area contributed by atoms with Crippen molar-refractivity contribution < 1.29 is 4.79 Å². The van der Waals surface area contributed by atoms with Crippen LogP contribution in [-0.4, -0.2) is 40.4 Å². The smallest absolute Gasteiger partial charge is 0.272 e. The normalized spacial score (nSPS) is 17.5. The molecule has 1 aromatic heterocycles. The second-order valence-electron chi connectivity index (χ2n) is 6.45. The van der Waals surface area contributed by atoms with Crippen molar-refractivity contribution in [1.29, 1.82) is 0 Å². The van der Waals surface area contributed by atoms with Crippen LogP contribution in [0.15, 0.2) is 42.7 Å². The molecule has 0 radical (unpaired) electrons. The van der Waals surface area contributed by atoms with Gasteiger partial charge in [0.2, 0.25) is 0 Å². The number of likely N-dealkylation sites (tertiary alicyclic amines) is 1. The summed E-state index contributed by atoms with van der Waals surface area (Å²) in [4.78, 5) is 22.9. The molecule has 0 bridgehead atoms. The summed E-state index contributed by atoms with van der Waals surface area (Å²) in [5.74, 6) is 1.28. The van der Waals surface area contributed by atoms with E-state index in [1.165, 1.54) is 18.3 Å². The highest BCUT2D eigenvalue weighted by Gasteiger charge is 2.23. The summed E-state index contributed by atoms with van der Waals surface area (Å²) >= 11 is 0. The Morgan fingerprint density at radius 2 is 2.12 bits per heavy atom. The molecule has 5 nitrogen and oxygen atoms in total. The van der Waals surface area contributed by atoms with Crippen LogP contribution in [0.2, 0.25) is 0 Å². The molecule has 0 spiro atoms. The number of hydrogen-bond acceptors (Lipinski definition) is 4. The molecule has 0 aliphatic carbocycles. The van der Waals surface area contributed by atoms with Gasteiger partial charge in [0.05, 0.1) is 0 Å². The summed E-state index contributed by atoms with van der Waals surface area (Å²) in [5.41, 5.74) is 1.75. The highest BCUT2D eigenvalue weighted by Crippen LogP contribution is 2.17. The van der Waals surface area contributed by atoms with Gasteiger partial charge < -0.3 is 10.2 Å². The molecule has 5 heteroatoms. The fraction of sp³-hybridized carbons (Fsp3) is 0.421. The fourth-order valence-electron chi connectivity index (χ4n) is 3.09. The van der Waals surface area contributed by atoms with Gasteiger partial charge in [-0.1, -0.05) is 37.3 Å². The largest absolute Gasteiger partial charge is 0.370 e. The SMILES string of the molecule is CC1CCCN(C(=O)c2cc(NCCc3ccccc3)ncn2)C1. The number of carbonyl (C=O) groups excluding carboxylic acids is 1. The van der Waals surface area contributed by atoms with Gasteiger partial charge in [0.15, 0.2) is 0 Å². The van der Waals surface area contributed by atoms with Crippen LogP contribution in [0.25, 0.3) is 0 Å². The van der Waals surface area contributed by atoms with Crippen molar-refractivity contribution in [3.8, 4) is 0 Å². The lowest BCUT2D eigenvalue weighted by Gasteiger charge is -2.30. The number of hydrogen-bond donors (Lipinski definition) is 1. The van der Waals surface area contributed by atoms with Crippen LogP contribution in [0.4, 0.5) is 5.82 Å². The Kier molecular flexibility index (Phi) is 5.41. The molecular weight excluding hydrogens is 300 g/mol. The third-order valence-corrected chi connectivity index (χ3v) is 4.39. The van der Waals surface area contributed by atoms with Crippen molar-refractivity contribution in [3.05, 3.63) is 54.0 Å². The second kappa shape index (κ2) is 7.90. The molecule has 126 valence electrons. The summed E-state index contributed by atoms with van der Waals surface area (Å²) in [6.45, 7) is 4.61. The number of benzene rings is 1. The maximum Gasteiger partial charge on any atom is 0.272 e. The van der Waals surface area contributed by atoms with Crippen LogP contribution < -0.4 is 5.32 Å². The average molecular weight is 324 g/mol. The molecular formula is C19H24N4O. The number of piperidine rings is 1. The van der Waals surface area contributed by atoms with Crippen molar-refractivity contribution in [2.75, 3.05) is 25.0 Å². The average Bonchev–Trinajstić information content (AvgIpc) is 2.62. The quantitative estimate of drug-likeness (QED) is 0.918. The minimum atomic E-state index is 0.00931. The van der Waals surface area contributed by atoms with E-state index in [-0.39, 0.29) is 5.91 Å². The van der Waals surface area contributed by atoms with Gasteiger partial charge >= 0.3 is 0 Å². The van der Waals surface area contributed by atoms with Crippen LogP contribution in [0.1, 0.15) is 35.8 Å². The highest BCUT2D eigenvalue weighted by atomic mass is 16.2. The molecule has 1 aromatic carbocycles. The molecule has 1 aliphatic rings. The Bertz CT molecular complexity index is 674. The van der Waals surface area contributed by atoms with Gasteiger partial charge in [-0.3, -0.25) is 4.79 Å². The molecule has 1 atom stereocenters. The monoisotopic (exact) mass is 324 g/mol. The minimum absolute atomic E-state index is 0.00931. The summed E-state index contributed by atoms with van der Waals surface area (Å²) in [6, 6.07) is 12.1. The summed E-state index contributed by atoms with van der Waals surface area (Å²) in [6.07, 6.45) is 4.64. The first-order valence-corrected chi connectivity index (χ1v) is 8.61. The number of carbonyl (C=O) groups is 1. The molecule has 1 N–H and O–H groups in total. The summed E-state index contributed by atoms with van der Waals surface area (Å²) < 4.78 is 0. The van der Waals surface area contributed by atoms with Crippen LogP contribution in [-0.2, 0) is 6.42 Å². The molecule has 24 heavy (non-hydrogen) atoms. The van der Waals surface area contributed by atoms with Crippen molar-refractivity contribution in [3.63, 3.8) is 0 Å². The zero-order chi connectivity index (χ0) is 16.8. The Morgan fingerprint density at radius 3 is 2.92 bits per heavy atom. The second-order valence-corrected chi connectivity index (χ2v) is 6.45. The van der Waals surface area contributed by atoms with Gasteiger partial charge in [-0.2, -0.15) is 0 Å². The predicted molar refractivity (Wildman–Crippen MR) is 95.0 cm³/mol. The van der Waals surface area contributed by atoms with Gasteiger partial charge in [0, 0.05) is 25.7 Å². The molecule has 1 amide bonds. The van der Waals surface area contributed by atoms with E-state index < -0.39 is 0 Å². The fourth-order valence-corrected chi connectivity index (χ4v) is 3.09. The van der Waals surface area contributed by atoms with E-state index in [4.69, 9.17) is 0 Å². The van der Waals surface area contributed by atoms with E-state index in [1.54, 1.807) is 6.07 Å². The van der Waals surface area contributed by atoms with Crippen LogP contribution in [0, 0.1) is 5.92 Å². The van der Waals surface area contributed by atoms with Gasteiger partial charge in [-0.15, -0.1) is 0 Å². The maximum absolute atomic E-state index is 12.6. The van der Waals surface area contributed by atoms with E-state index in [0.29, 0.717) is 17.4 Å². The molecule has 1 unspecified atom stereocenters. The Hall–Kier alpha value is -2.43. The predicted octanol–water partition coefficient (Wildman–Crippen LogP) is 3.00. The van der Waals surface area contributed by atoms with Crippen LogP contribution >= 0.6 is 0 Å². The van der Waals surface area contributed by atoms with Gasteiger partial charge in [-0.05, 0) is 30.7 Å². The van der Waals surface area contributed by atoms with Crippen LogP contribution in [0.3, 0.4) is 0 Å². The summed E-state index contributed by atoms with van der Waals surface area (Å²) in [7, 11) is 0. The Labute approximate surface area is 143 Å². The third-order valence-electron chi connectivity index (χ3n) is 4.39. The van der Waals surface area contributed by atoms with E-state index >= 15 is 0 Å². The molecule has 1 fully saturated rings. The molecule has 1 aliphatic heterocycles. The summed E-state index contributed by atoms with van der Waals surface area (Å²) in [5, 5.41) is 3.28. The first kappa shape index (κ1) is 16.4. The van der Waals surface area contributed by atoms with Gasteiger partial charge in [0.1, 0.15) is 17.8 Å². The maximum atomic E-state index is 12.6. The van der Waals surface area contributed by atoms with E-state index in [0.717, 1.165) is 32.5 Å². The number of rotatable bonds is 5. The molecule has 2 heterocycles. The molecule has 1 saturated heterocycles. The first-order chi connectivity index (χ1) is 11.7. The van der Waals surface area contributed by atoms with E-state index in [1.807, 2.05) is 23.1 Å². The van der Waals surface area contributed by atoms with Crippen molar-refractivity contribution in [2.45, 2.75) is 26.2 Å². The number of nitrogens with zero attached hydrogens (tertiary/aromatic N) is 3. The molecule has 3 rings (SSSR count). The van der Waals surface area contributed by atoms with Gasteiger partial charge in [0.25, 0.3) is 5.91 Å². The highest BCUT2D eigenvalue weighted by molar-refractivity contribution is 5.93. The topological polar surface area (TPSA) is 58.1 Å². The third kappa shape index (κ3) is 4.31. The lowest BCUT2D eigenvalue weighted by molar-refractivity contribution is 0.0677. The number of aromatic nitrogens is 2. The lowest BCUT2D eigenvalue weighted by atomic mass is 10.00. The van der Waals surface area contributed by atoms with Crippen molar-refractivity contribution in [2.24, 2.45) is 5.92 Å². The van der Waals surface area contributed by atoms with Crippen molar-refractivity contribution in [1.82, 2.24) is 14.9 Å². The zero-order valence-electron chi connectivity index (χ0n) is 14.1. The molecule has 2 aromatic rings. The van der Waals surface area contributed by atoms with E-state index in [2.05, 4.69) is 34.3 Å². The lowest BCUT2D eigenvalue weighted by Crippen LogP contribution is -2.39. The Balaban J connectivity index is 1.58. The van der Waals surface area contributed by atoms with Crippen molar-refractivity contribution >= 4 is 11.7 Å². The Morgan fingerprint density at radius 1 is 1.29 bits per heavy atom. The van der Waals surface area contributed by atoms with Gasteiger partial charge in [-0.25, -0.2) is 9.97 Å². The minimum Gasteiger partial charge on any atom is -0.370 e. The number of anilines is 1.